The fourth-order valence-electron chi connectivity index (χ4n) is 6.30. The molecule has 0 rings (SSSR count). The molecule has 0 aromatic carbocycles. The molecule has 0 fully saturated rings. The number of carbonyl (C=O) groups is 3. The van der Waals surface area contributed by atoms with Gasteiger partial charge in [0.15, 0.2) is 6.10 Å². The van der Waals surface area contributed by atoms with Crippen molar-refractivity contribution >= 4 is 17.9 Å². The lowest BCUT2D eigenvalue weighted by Crippen LogP contribution is -2.40. The largest absolute Gasteiger partial charge is 0.477 e. The van der Waals surface area contributed by atoms with E-state index in [0.29, 0.717) is 23.9 Å². The van der Waals surface area contributed by atoms with Crippen LogP contribution >= 0.6 is 0 Å². The van der Waals surface area contributed by atoms with E-state index in [4.69, 9.17) is 18.9 Å². The SMILES string of the molecule is CC/C=C\C/C=C\C/C=C\C/C=C\C/C=C\CCCCCCCCCC(=O)OC(COC(=O)CCCCC/C=C\C/C=C\C/C=C\C/C=C\C/C=C\CC)COC(OCC[N+](C)(C)C)C(=O)O. The van der Waals surface area contributed by atoms with E-state index in [1.807, 2.05) is 21.1 Å². The second-order valence-corrected chi connectivity index (χ2v) is 17.7. The van der Waals surface area contributed by atoms with Gasteiger partial charge >= 0.3 is 17.9 Å². The maximum atomic E-state index is 12.8. The third-order valence-corrected chi connectivity index (χ3v) is 10.2. The number of allylic oxidation sites excluding steroid dienone is 20. The third kappa shape index (κ3) is 49.4. The normalized spacial score (nSPS) is 13.9. The van der Waals surface area contributed by atoms with Crippen LogP contribution in [0.3, 0.4) is 0 Å². The number of quaternary nitrogens is 1. The summed E-state index contributed by atoms with van der Waals surface area (Å²) in [5, 5.41) is 9.68. The third-order valence-electron chi connectivity index (χ3n) is 10.2. The van der Waals surface area contributed by atoms with Crippen molar-refractivity contribution in [3.63, 3.8) is 0 Å². The number of esters is 2. The second kappa shape index (κ2) is 48.2. The van der Waals surface area contributed by atoms with Gasteiger partial charge in [-0.25, -0.2) is 4.79 Å². The molecule has 2 unspecified atom stereocenters. The maximum Gasteiger partial charge on any atom is 0.361 e. The van der Waals surface area contributed by atoms with Crippen LogP contribution in [-0.2, 0) is 33.3 Å². The zero-order valence-corrected chi connectivity index (χ0v) is 42.8. The van der Waals surface area contributed by atoms with Gasteiger partial charge in [0.2, 0.25) is 0 Å². The van der Waals surface area contributed by atoms with E-state index in [2.05, 4.69) is 135 Å². The maximum absolute atomic E-state index is 12.8. The molecular formula is C58H94NO8+. The molecule has 0 saturated heterocycles. The number of unbranched alkanes of at least 4 members (excludes halogenated alkanes) is 10. The van der Waals surface area contributed by atoms with E-state index in [0.717, 1.165) is 109 Å². The zero-order valence-electron chi connectivity index (χ0n) is 42.8. The van der Waals surface area contributed by atoms with Crippen LogP contribution < -0.4 is 0 Å². The summed E-state index contributed by atoms with van der Waals surface area (Å²) < 4.78 is 22.8. The average molecular weight is 933 g/mol. The highest BCUT2D eigenvalue weighted by molar-refractivity contribution is 5.71. The number of aliphatic carboxylic acids is 1. The number of hydrogen-bond donors (Lipinski definition) is 1. The van der Waals surface area contributed by atoms with Crippen LogP contribution in [0.25, 0.3) is 0 Å². The molecule has 9 heteroatoms. The molecule has 1 N–H and O–H groups in total. The molecule has 0 spiro atoms. The number of carboxylic acid groups (broad SMARTS) is 1. The summed E-state index contributed by atoms with van der Waals surface area (Å²) in [5.41, 5.74) is 0. The molecule has 0 aliphatic rings. The van der Waals surface area contributed by atoms with E-state index in [1.54, 1.807) is 0 Å². The minimum atomic E-state index is -1.53. The number of hydrogen-bond acceptors (Lipinski definition) is 7. The summed E-state index contributed by atoms with van der Waals surface area (Å²) in [6, 6.07) is 0. The molecule has 0 aromatic heterocycles. The summed E-state index contributed by atoms with van der Waals surface area (Å²) in [7, 11) is 5.93. The van der Waals surface area contributed by atoms with Crippen LogP contribution in [-0.4, -0.2) is 87.4 Å². The second-order valence-electron chi connectivity index (χ2n) is 17.7. The molecule has 0 aliphatic heterocycles. The first-order valence-corrected chi connectivity index (χ1v) is 25.7. The van der Waals surface area contributed by atoms with Gasteiger partial charge < -0.3 is 28.5 Å². The molecule has 0 radical (unpaired) electrons. The van der Waals surface area contributed by atoms with E-state index in [-0.39, 0.29) is 38.6 Å². The molecule has 67 heavy (non-hydrogen) atoms. The number of rotatable bonds is 45. The van der Waals surface area contributed by atoms with Crippen LogP contribution in [0.1, 0.15) is 168 Å². The Bertz CT molecular complexity index is 1510. The smallest absolute Gasteiger partial charge is 0.361 e. The quantitative estimate of drug-likeness (QED) is 0.0211. The van der Waals surface area contributed by atoms with Crippen molar-refractivity contribution < 1.29 is 42.9 Å². The highest BCUT2D eigenvalue weighted by Gasteiger charge is 2.25. The highest BCUT2D eigenvalue weighted by Crippen LogP contribution is 2.13. The number of nitrogens with zero attached hydrogens (tertiary/aromatic N) is 1. The molecular weight excluding hydrogens is 839 g/mol. The topological polar surface area (TPSA) is 108 Å². The fourth-order valence-corrected chi connectivity index (χ4v) is 6.30. The van der Waals surface area contributed by atoms with Crippen molar-refractivity contribution in [2.24, 2.45) is 0 Å². The van der Waals surface area contributed by atoms with Gasteiger partial charge in [-0.2, -0.15) is 0 Å². The van der Waals surface area contributed by atoms with Gasteiger partial charge in [-0.05, 0) is 103 Å². The molecule has 2 atom stereocenters. The molecule has 0 amide bonds. The summed E-state index contributed by atoms with van der Waals surface area (Å²) in [6.45, 7) is 4.56. The molecule has 0 heterocycles. The van der Waals surface area contributed by atoms with E-state index in [9.17, 15) is 19.5 Å². The molecule has 0 aliphatic carbocycles. The van der Waals surface area contributed by atoms with Crippen LogP contribution in [0.2, 0.25) is 0 Å². The lowest BCUT2D eigenvalue weighted by Gasteiger charge is -2.25. The molecule has 9 nitrogen and oxygen atoms in total. The molecule has 0 saturated carbocycles. The Labute approximate surface area is 408 Å². The lowest BCUT2D eigenvalue weighted by molar-refractivity contribution is -0.870. The van der Waals surface area contributed by atoms with E-state index in [1.165, 1.54) is 19.3 Å². The first-order chi connectivity index (χ1) is 32.6. The highest BCUT2D eigenvalue weighted by atomic mass is 16.7. The molecule has 0 bridgehead atoms. The minimum absolute atomic E-state index is 0.172. The number of carboxylic acids is 1. The fraction of sp³-hybridized carbons (Fsp3) is 0.603. The summed E-state index contributed by atoms with van der Waals surface area (Å²) in [5.74, 6) is -2.08. The van der Waals surface area contributed by atoms with E-state index >= 15 is 0 Å². The first-order valence-electron chi connectivity index (χ1n) is 25.7. The van der Waals surface area contributed by atoms with Crippen molar-refractivity contribution in [2.75, 3.05) is 47.5 Å². The standard InChI is InChI=1S/C58H93NO8/c1-6-8-10-12-14-16-18-20-22-24-26-27-28-29-31-33-35-37-39-41-43-45-47-49-56(61)67-54(53-66-58(57(62)63)64-51-50-59(3,4)5)52-65-55(60)48-46-44-42-40-38-36-34-32-30-25-23-21-19-17-15-13-11-9-7-2/h8-11,14-17,20-23,26-27,29-32,36,38,54,58H,6-7,12-13,18-19,24-25,28,33-35,37,39-53H2,1-5H3/p+1/b10-8-,11-9-,16-14-,17-15-,22-20-,23-21-,27-26-,31-29-,32-30-,38-36-. The van der Waals surface area contributed by atoms with Gasteiger partial charge in [-0.1, -0.05) is 174 Å². The number of ether oxygens (including phenoxy) is 4. The minimum Gasteiger partial charge on any atom is -0.477 e. The van der Waals surface area contributed by atoms with Crippen LogP contribution in [0, 0.1) is 0 Å². The Morgan fingerprint density at radius 1 is 0.448 bits per heavy atom. The van der Waals surface area contributed by atoms with Gasteiger partial charge in [0.05, 0.1) is 34.4 Å². The van der Waals surface area contributed by atoms with Crippen LogP contribution in [0.15, 0.2) is 122 Å². The zero-order chi connectivity index (χ0) is 49.2. The van der Waals surface area contributed by atoms with Crippen molar-refractivity contribution in [3.05, 3.63) is 122 Å². The van der Waals surface area contributed by atoms with Gasteiger partial charge in [-0.15, -0.1) is 0 Å². The molecule has 378 valence electrons. The molecule has 0 aromatic rings. The summed E-state index contributed by atoms with van der Waals surface area (Å²) in [6.07, 6.45) is 64.0. The number of carbonyl (C=O) groups excluding carboxylic acids is 2. The van der Waals surface area contributed by atoms with Crippen molar-refractivity contribution in [2.45, 2.75) is 180 Å². The Morgan fingerprint density at radius 2 is 0.806 bits per heavy atom. The predicted molar refractivity (Wildman–Crippen MR) is 281 cm³/mol. The van der Waals surface area contributed by atoms with Gasteiger partial charge in [0.25, 0.3) is 6.29 Å². The predicted octanol–water partition coefficient (Wildman–Crippen LogP) is 14.6. The van der Waals surface area contributed by atoms with Crippen LogP contribution in [0.4, 0.5) is 0 Å². The van der Waals surface area contributed by atoms with E-state index < -0.39 is 24.3 Å². The lowest BCUT2D eigenvalue weighted by atomic mass is 10.1. The average Bonchev–Trinajstić information content (AvgIpc) is 3.29. The van der Waals surface area contributed by atoms with Gasteiger partial charge in [0.1, 0.15) is 13.2 Å². The first kappa shape index (κ1) is 62.7. The van der Waals surface area contributed by atoms with Crippen molar-refractivity contribution in [1.82, 2.24) is 0 Å². The van der Waals surface area contributed by atoms with Gasteiger partial charge in [-0.3, -0.25) is 9.59 Å². The van der Waals surface area contributed by atoms with Crippen molar-refractivity contribution in [1.29, 1.82) is 0 Å². The summed E-state index contributed by atoms with van der Waals surface area (Å²) in [4.78, 5) is 37.3. The number of likely N-dealkylation sites (N-methyl/N-ethyl adjacent to an activating group) is 1. The Hall–Kier alpha value is -4.31. The Balaban J connectivity index is 4.45. The van der Waals surface area contributed by atoms with Gasteiger partial charge in [0, 0.05) is 12.8 Å². The summed E-state index contributed by atoms with van der Waals surface area (Å²) >= 11 is 0. The Kier molecular flexibility index (Phi) is 45.1. The van der Waals surface area contributed by atoms with Crippen molar-refractivity contribution in [3.8, 4) is 0 Å². The van der Waals surface area contributed by atoms with Crippen LogP contribution in [0.5, 0.6) is 0 Å². The monoisotopic (exact) mass is 933 g/mol. The Morgan fingerprint density at radius 3 is 1.21 bits per heavy atom.